The number of nitrogens with zero attached hydrogens (tertiary/aromatic N) is 1. The molecular formula is C26H20F3NO4. The number of amides is 1. The molecule has 4 rings (SSSR count). The van der Waals surface area contributed by atoms with Gasteiger partial charge in [0.05, 0.1) is 11.6 Å². The van der Waals surface area contributed by atoms with Crippen LogP contribution in [-0.2, 0) is 9.59 Å². The number of benzene rings is 3. The number of carbonyl (C=O) groups excluding carboxylic acids is 2. The van der Waals surface area contributed by atoms with Crippen molar-refractivity contribution in [3.8, 4) is 5.75 Å². The first-order valence-electron chi connectivity index (χ1n) is 10.4. The zero-order valence-electron chi connectivity index (χ0n) is 18.3. The van der Waals surface area contributed by atoms with Crippen LogP contribution in [0.3, 0.4) is 0 Å². The van der Waals surface area contributed by atoms with Gasteiger partial charge in [-0.3, -0.25) is 14.5 Å². The molecule has 174 valence electrons. The van der Waals surface area contributed by atoms with Crippen LogP contribution < -0.4 is 9.64 Å². The molecule has 1 atom stereocenters. The highest BCUT2D eigenvalue weighted by Gasteiger charge is 2.47. The van der Waals surface area contributed by atoms with E-state index in [-0.39, 0.29) is 17.0 Å². The SMILES string of the molecule is Cc1ccc(/C(O)=C2\C(=O)C(=O)N(c3cccc(OC(F)(F)F)c3)C2c2ccccc2)cc1C. The van der Waals surface area contributed by atoms with Gasteiger partial charge in [0.1, 0.15) is 11.5 Å². The van der Waals surface area contributed by atoms with Crippen molar-refractivity contribution in [3.05, 3.63) is 101 Å². The summed E-state index contributed by atoms with van der Waals surface area (Å²) in [5.74, 6) is -2.80. The van der Waals surface area contributed by atoms with Gasteiger partial charge >= 0.3 is 6.36 Å². The Bertz CT molecular complexity index is 1300. The van der Waals surface area contributed by atoms with E-state index >= 15 is 0 Å². The maximum atomic E-state index is 13.1. The van der Waals surface area contributed by atoms with Crippen LogP contribution in [0.1, 0.15) is 28.3 Å². The maximum Gasteiger partial charge on any atom is 0.573 e. The summed E-state index contributed by atoms with van der Waals surface area (Å²) in [6.45, 7) is 3.75. The van der Waals surface area contributed by atoms with Crippen LogP contribution in [0.25, 0.3) is 5.76 Å². The predicted molar refractivity (Wildman–Crippen MR) is 120 cm³/mol. The molecule has 0 bridgehead atoms. The fourth-order valence-corrected chi connectivity index (χ4v) is 3.92. The van der Waals surface area contributed by atoms with Crippen molar-refractivity contribution in [2.45, 2.75) is 26.3 Å². The van der Waals surface area contributed by atoms with E-state index in [9.17, 15) is 27.9 Å². The Labute approximate surface area is 193 Å². The third-order valence-corrected chi connectivity index (χ3v) is 5.67. The summed E-state index contributed by atoms with van der Waals surface area (Å²) in [5, 5.41) is 11.1. The number of aliphatic hydroxyl groups is 1. The second-order valence-corrected chi connectivity index (χ2v) is 7.92. The molecule has 1 heterocycles. The van der Waals surface area contributed by atoms with E-state index in [0.717, 1.165) is 28.2 Å². The molecule has 1 N–H and O–H groups in total. The van der Waals surface area contributed by atoms with Crippen molar-refractivity contribution in [1.82, 2.24) is 0 Å². The van der Waals surface area contributed by atoms with E-state index in [1.807, 2.05) is 13.8 Å². The van der Waals surface area contributed by atoms with E-state index in [2.05, 4.69) is 4.74 Å². The minimum Gasteiger partial charge on any atom is -0.507 e. The van der Waals surface area contributed by atoms with Crippen molar-refractivity contribution < 1.29 is 32.6 Å². The fraction of sp³-hybridized carbons (Fsp3) is 0.154. The summed E-state index contributed by atoms with van der Waals surface area (Å²) in [6.07, 6.45) is -4.92. The van der Waals surface area contributed by atoms with Crippen molar-refractivity contribution in [2.24, 2.45) is 0 Å². The molecule has 34 heavy (non-hydrogen) atoms. The lowest BCUT2D eigenvalue weighted by molar-refractivity contribution is -0.274. The number of ether oxygens (including phenoxy) is 1. The van der Waals surface area contributed by atoms with Gasteiger partial charge in [-0.15, -0.1) is 13.2 Å². The zero-order chi connectivity index (χ0) is 24.6. The minimum absolute atomic E-state index is 0.0249. The molecule has 1 aliphatic rings. The fourth-order valence-electron chi connectivity index (χ4n) is 3.92. The Kier molecular flexibility index (Phi) is 5.91. The second-order valence-electron chi connectivity index (χ2n) is 7.92. The molecule has 1 fully saturated rings. The minimum atomic E-state index is -4.92. The van der Waals surface area contributed by atoms with Crippen molar-refractivity contribution in [2.75, 3.05) is 4.90 Å². The topological polar surface area (TPSA) is 66.8 Å². The highest BCUT2D eigenvalue weighted by atomic mass is 19.4. The maximum absolute atomic E-state index is 13.1. The number of aryl methyl sites for hydroxylation is 2. The van der Waals surface area contributed by atoms with E-state index in [0.29, 0.717) is 11.1 Å². The van der Waals surface area contributed by atoms with Crippen molar-refractivity contribution >= 4 is 23.1 Å². The van der Waals surface area contributed by atoms with E-state index in [4.69, 9.17) is 0 Å². The molecule has 5 nitrogen and oxygen atoms in total. The number of alkyl halides is 3. The molecule has 1 unspecified atom stereocenters. The smallest absolute Gasteiger partial charge is 0.507 e. The molecule has 3 aromatic carbocycles. The number of halogens is 3. The van der Waals surface area contributed by atoms with Crippen LogP contribution in [0.2, 0.25) is 0 Å². The molecule has 1 amide bonds. The largest absolute Gasteiger partial charge is 0.573 e. The first-order chi connectivity index (χ1) is 16.1. The first kappa shape index (κ1) is 23.1. The van der Waals surface area contributed by atoms with Gasteiger partial charge < -0.3 is 9.84 Å². The lowest BCUT2D eigenvalue weighted by Crippen LogP contribution is -2.29. The summed E-state index contributed by atoms with van der Waals surface area (Å²) >= 11 is 0. The molecule has 0 aliphatic carbocycles. The summed E-state index contributed by atoms with van der Waals surface area (Å²) in [5.41, 5.74) is 2.61. The number of aliphatic hydroxyl groups excluding tert-OH is 1. The number of ketones is 1. The lowest BCUT2D eigenvalue weighted by Gasteiger charge is -2.26. The summed E-state index contributed by atoms with van der Waals surface area (Å²) in [4.78, 5) is 27.3. The normalized spacial score (nSPS) is 17.8. The Hall–Kier alpha value is -4.07. The predicted octanol–water partition coefficient (Wildman–Crippen LogP) is 5.83. The molecule has 1 aliphatic heterocycles. The Morgan fingerprint density at radius 1 is 0.912 bits per heavy atom. The van der Waals surface area contributed by atoms with Gasteiger partial charge in [0.15, 0.2) is 0 Å². The Morgan fingerprint density at radius 2 is 1.62 bits per heavy atom. The molecule has 1 saturated heterocycles. The molecule has 0 spiro atoms. The van der Waals surface area contributed by atoms with Gasteiger partial charge in [-0.05, 0) is 48.7 Å². The van der Waals surface area contributed by atoms with Crippen molar-refractivity contribution in [1.29, 1.82) is 0 Å². The quantitative estimate of drug-likeness (QED) is 0.298. The lowest BCUT2D eigenvalue weighted by atomic mass is 9.94. The summed E-state index contributed by atoms with van der Waals surface area (Å²) < 4.78 is 42.2. The molecule has 3 aromatic rings. The van der Waals surface area contributed by atoms with E-state index < -0.39 is 29.8 Å². The van der Waals surface area contributed by atoms with Crippen LogP contribution in [0.4, 0.5) is 18.9 Å². The third-order valence-electron chi connectivity index (χ3n) is 5.67. The van der Waals surface area contributed by atoms with Crippen LogP contribution in [0, 0.1) is 13.8 Å². The molecule has 0 saturated carbocycles. The van der Waals surface area contributed by atoms with Gasteiger partial charge in [-0.25, -0.2) is 0 Å². The Morgan fingerprint density at radius 3 is 2.26 bits per heavy atom. The highest BCUT2D eigenvalue weighted by Crippen LogP contribution is 2.43. The standard InChI is InChI=1S/C26H20F3NO4/c1-15-11-12-18(13-16(15)2)23(31)21-22(17-7-4-3-5-8-17)30(25(33)24(21)32)19-9-6-10-20(14-19)34-26(27,28)29/h3-14,22,31H,1-2H3/b23-21+. The number of Topliss-reactive ketones (excluding diaryl/α,β-unsaturated/α-hetero) is 1. The van der Waals surface area contributed by atoms with Gasteiger partial charge in [0.2, 0.25) is 0 Å². The number of hydrogen-bond donors (Lipinski definition) is 1. The average molecular weight is 467 g/mol. The monoisotopic (exact) mass is 467 g/mol. The van der Waals surface area contributed by atoms with Crippen LogP contribution in [0.5, 0.6) is 5.75 Å². The van der Waals surface area contributed by atoms with E-state index in [1.165, 1.54) is 12.1 Å². The van der Waals surface area contributed by atoms with Gasteiger partial charge in [-0.1, -0.05) is 48.5 Å². The zero-order valence-corrected chi connectivity index (χ0v) is 18.3. The highest BCUT2D eigenvalue weighted by molar-refractivity contribution is 6.51. The number of anilines is 1. The Balaban J connectivity index is 1.90. The number of hydrogen-bond acceptors (Lipinski definition) is 4. The molecule has 0 aromatic heterocycles. The molecular weight excluding hydrogens is 447 g/mol. The van der Waals surface area contributed by atoms with Gasteiger partial charge in [0.25, 0.3) is 11.7 Å². The average Bonchev–Trinajstić information content (AvgIpc) is 3.05. The first-order valence-corrected chi connectivity index (χ1v) is 10.4. The summed E-state index contributed by atoms with van der Waals surface area (Å²) in [7, 11) is 0. The molecule has 8 heteroatoms. The van der Waals surface area contributed by atoms with Crippen molar-refractivity contribution in [3.63, 3.8) is 0 Å². The van der Waals surface area contributed by atoms with Crippen LogP contribution in [0.15, 0.2) is 78.4 Å². The second kappa shape index (κ2) is 8.70. The number of carbonyl (C=O) groups is 2. The van der Waals surface area contributed by atoms with Crippen LogP contribution >= 0.6 is 0 Å². The summed E-state index contributed by atoms with van der Waals surface area (Å²) in [6, 6.07) is 17.4. The third kappa shape index (κ3) is 4.39. The molecule has 0 radical (unpaired) electrons. The van der Waals surface area contributed by atoms with Crippen LogP contribution in [-0.4, -0.2) is 23.2 Å². The number of rotatable bonds is 4. The van der Waals surface area contributed by atoms with Gasteiger partial charge in [-0.2, -0.15) is 0 Å². The van der Waals surface area contributed by atoms with Gasteiger partial charge in [0, 0.05) is 17.3 Å². The van der Waals surface area contributed by atoms with E-state index in [1.54, 1.807) is 48.5 Å².